The van der Waals surface area contributed by atoms with Crippen LogP contribution < -0.4 is 5.73 Å². The molecule has 0 spiro atoms. The highest BCUT2D eigenvalue weighted by atomic mass is 19.4. The molecule has 0 aliphatic heterocycles. The first-order valence-corrected chi connectivity index (χ1v) is 5.27. The van der Waals surface area contributed by atoms with Gasteiger partial charge >= 0.3 is 6.18 Å². The molecule has 0 unspecified atom stereocenters. The van der Waals surface area contributed by atoms with Gasteiger partial charge in [0.25, 0.3) is 0 Å². The van der Waals surface area contributed by atoms with Crippen molar-refractivity contribution in [2.75, 3.05) is 5.73 Å². The summed E-state index contributed by atoms with van der Waals surface area (Å²) in [5.41, 5.74) is 6.13. The van der Waals surface area contributed by atoms with Gasteiger partial charge in [0.1, 0.15) is 0 Å². The highest BCUT2D eigenvalue weighted by Crippen LogP contribution is 2.37. The highest BCUT2D eigenvalue weighted by Gasteiger charge is 2.33. The average Bonchev–Trinajstić information content (AvgIpc) is 2.32. The monoisotopic (exact) mass is 252 g/mol. The summed E-state index contributed by atoms with van der Waals surface area (Å²) in [6.07, 6.45) is -1.34. The van der Waals surface area contributed by atoms with Crippen molar-refractivity contribution in [3.8, 4) is 11.1 Å². The van der Waals surface area contributed by atoms with E-state index >= 15 is 0 Å². The van der Waals surface area contributed by atoms with Crippen LogP contribution in [-0.2, 0) is 6.18 Å². The van der Waals surface area contributed by atoms with E-state index in [1.807, 2.05) is 0 Å². The summed E-state index contributed by atoms with van der Waals surface area (Å²) in [7, 11) is 0. The second-order valence-corrected chi connectivity index (χ2v) is 3.98. The summed E-state index contributed by atoms with van der Waals surface area (Å²) in [5.74, 6) is 0. The van der Waals surface area contributed by atoms with Crippen LogP contribution in [0.5, 0.6) is 0 Å². The summed E-state index contributed by atoms with van der Waals surface area (Å²) >= 11 is 0. The zero-order valence-electron chi connectivity index (χ0n) is 9.62. The van der Waals surface area contributed by atoms with Crippen molar-refractivity contribution in [1.82, 2.24) is 4.98 Å². The quantitative estimate of drug-likeness (QED) is 0.786. The molecule has 1 aromatic carbocycles. The molecule has 0 amide bonds. The topological polar surface area (TPSA) is 38.9 Å². The number of pyridine rings is 1. The molecule has 0 aliphatic rings. The minimum atomic E-state index is -4.41. The standard InChI is InChI=1S/C13H11F3N2/c1-8-11(13(14,15)16)5-10(6-12(8)17)9-3-2-4-18-7-9/h2-7H,17H2,1H3. The van der Waals surface area contributed by atoms with Crippen LogP contribution in [0.4, 0.5) is 18.9 Å². The van der Waals surface area contributed by atoms with Gasteiger partial charge in [-0.15, -0.1) is 0 Å². The maximum Gasteiger partial charge on any atom is 0.416 e. The number of hydrogen-bond donors (Lipinski definition) is 1. The Hall–Kier alpha value is -2.04. The van der Waals surface area contributed by atoms with E-state index in [2.05, 4.69) is 4.98 Å². The molecule has 2 aromatic rings. The molecule has 0 bridgehead atoms. The molecule has 1 heterocycles. The SMILES string of the molecule is Cc1c(N)cc(-c2cccnc2)cc1C(F)(F)F. The van der Waals surface area contributed by atoms with Crippen molar-refractivity contribution in [1.29, 1.82) is 0 Å². The molecular formula is C13H11F3N2. The number of anilines is 1. The van der Waals surface area contributed by atoms with Crippen LogP contribution in [0.2, 0.25) is 0 Å². The fraction of sp³-hybridized carbons (Fsp3) is 0.154. The van der Waals surface area contributed by atoms with Gasteiger partial charge in [0, 0.05) is 23.6 Å². The van der Waals surface area contributed by atoms with E-state index in [1.165, 1.54) is 19.2 Å². The van der Waals surface area contributed by atoms with E-state index in [-0.39, 0.29) is 11.3 Å². The Morgan fingerprint density at radius 3 is 2.44 bits per heavy atom. The Kier molecular flexibility index (Phi) is 2.98. The number of nitrogens with two attached hydrogens (primary N) is 1. The van der Waals surface area contributed by atoms with E-state index < -0.39 is 11.7 Å². The molecule has 18 heavy (non-hydrogen) atoms. The fourth-order valence-electron chi connectivity index (χ4n) is 1.73. The number of nitrogen functional groups attached to an aromatic ring is 1. The highest BCUT2D eigenvalue weighted by molar-refractivity contribution is 5.70. The van der Waals surface area contributed by atoms with E-state index in [0.717, 1.165) is 6.07 Å². The summed E-state index contributed by atoms with van der Waals surface area (Å²) in [5, 5.41) is 0. The molecular weight excluding hydrogens is 241 g/mol. The first kappa shape index (κ1) is 12.4. The molecule has 5 heteroatoms. The van der Waals surface area contributed by atoms with E-state index in [9.17, 15) is 13.2 Å². The van der Waals surface area contributed by atoms with Gasteiger partial charge in [-0.05, 0) is 36.2 Å². The largest absolute Gasteiger partial charge is 0.416 e. The number of hydrogen-bond acceptors (Lipinski definition) is 2. The first-order valence-electron chi connectivity index (χ1n) is 5.27. The Labute approximate surface area is 102 Å². The van der Waals surface area contributed by atoms with Crippen molar-refractivity contribution >= 4 is 5.69 Å². The normalized spacial score (nSPS) is 11.6. The van der Waals surface area contributed by atoms with E-state index in [1.54, 1.807) is 18.3 Å². The average molecular weight is 252 g/mol. The first-order chi connectivity index (χ1) is 8.39. The summed E-state index contributed by atoms with van der Waals surface area (Å²) in [6.45, 7) is 1.37. The van der Waals surface area contributed by atoms with Crippen LogP contribution in [0.25, 0.3) is 11.1 Å². The second kappa shape index (κ2) is 4.33. The molecule has 0 fully saturated rings. The second-order valence-electron chi connectivity index (χ2n) is 3.98. The van der Waals surface area contributed by atoms with Gasteiger partial charge in [0.15, 0.2) is 0 Å². The van der Waals surface area contributed by atoms with Crippen LogP contribution in [0.15, 0.2) is 36.7 Å². The van der Waals surface area contributed by atoms with Crippen LogP contribution in [0.3, 0.4) is 0 Å². The Bertz CT molecular complexity index is 562. The lowest BCUT2D eigenvalue weighted by Crippen LogP contribution is -2.09. The summed E-state index contributed by atoms with van der Waals surface area (Å²) < 4.78 is 38.6. The van der Waals surface area contributed by atoms with Crippen molar-refractivity contribution in [3.63, 3.8) is 0 Å². The molecule has 0 radical (unpaired) electrons. The Morgan fingerprint density at radius 1 is 1.17 bits per heavy atom. The van der Waals surface area contributed by atoms with Crippen LogP contribution in [-0.4, -0.2) is 4.98 Å². The molecule has 0 atom stereocenters. The number of benzene rings is 1. The van der Waals surface area contributed by atoms with Crippen molar-refractivity contribution in [2.24, 2.45) is 0 Å². The number of nitrogens with zero attached hydrogens (tertiary/aromatic N) is 1. The maximum atomic E-state index is 12.9. The number of halogens is 3. The Morgan fingerprint density at radius 2 is 1.89 bits per heavy atom. The van der Waals surface area contributed by atoms with E-state index in [0.29, 0.717) is 11.1 Å². The van der Waals surface area contributed by atoms with Gasteiger partial charge in [-0.3, -0.25) is 4.98 Å². The zero-order chi connectivity index (χ0) is 13.3. The fourth-order valence-corrected chi connectivity index (χ4v) is 1.73. The minimum Gasteiger partial charge on any atom is -0.398 e. The van der Waals surface area contributed by atoms with Gasteiger partial charge < -0.3 is 5.73 Å². The molecule has 0 saturated heterocycles. The molecule has 0 aliphatic carbocycles. The predicted molar refractivity (Wildman–Crippen MR) is 63.8 cm³/mol. The van der Waals surface area contributed by atoms with Crippen LogP contribution >= 0.6 is 0 Å². The van der Waals surface area contributed by atoms with Crippen molar-refractivity contribution in [3.05, 3.63) is 47.8 Å². The van der Waals surface area contributed by atoms with Gasteiger partial charge in [-0.2, -0.15) is 13.2 Å². The Balaban J connectivity index is 2.62. The lowest BCUT2D eigenvalue weighted by molar-refractivity contribution is -0.137. The van der Waals surface area contributed by atoms with Gasteiger partial charge in [-0.1, -0.05) is 6.07 Å². The minimum absolute atomic E-state index is 0.0511. The lowest BCUT2D eigenvalue weighted by Gasteiger charge is -2.14. The van der Waals surface area contributed by atoms with Crippen LogP contribution in [0, 0.1) is 6.92 Å². The number of alkyl halides is 3. The summed E-state index contributed by atoms with van der Waals surface area (Å²) in [4.78, 5) is 3.88. The maximum absolute atomic E-state index is 12.9. The molecule has 2 nitrogen and oxygen atoms in total. The lowest BCUT2D eigenvalue weighted by atomic mass is 9.99. The molecule has 2 rings (SSSR count). The molecule has 2 N–H and O–H groups in total. The van der Waals surface area contributed by atoms with Gasteiger partial charge in [0.05, 0.1) is 5.56 Å². The molecule has 0 saturated carbocycles. The van der Waals surface area contributed by atoms with Crippen molar-refractivity contribution in [2.45, 2.75) is 13.1 Å². The summed E-state index contributed by atoms with van der Waals surface area (Å²) in [6, 6.07) is 5.99. The smallest absolute Gasteiger partial charge is 0.398 e. The zero-order valence-corrected chi connectivity index (χ0v) is 9.62. The third-order valence-electron chi connectivity index (χ3n) is 2.75. The van der Waals surface area contributed by atoms with E-state index in [4.69, 9.17) is 5.73 Å². The third kappa shape index (κ3) is 2.30. The number of rotatable bonds is 1. The molecule has 94 valence electrons. The van der Waals surface area contributed by atoms with Crippen LogP contribution in [0.1, 0.15) is 11.1 Å². The van der Waals surface area contributed by atoms with Gasteiger partial charge in [-0.25, -0.2) is 0 Å². The molecule has 1 aromatic heterocycles. The van der Waals surface area contributed by atoms with Crippen molar-refractivity contribution < 1.29 is 13.2 Å². The predicted octanol–water partition coefficient (Wildman–Crippen LogP) is 3.66. The third-order valence-corrected chi connectivity index (χ3v) is 2.75. The van der Waals surface area contributed by atoms with Gasteiger partial charge in [0.2, 0.25) is 0 Å². The number of aromatic nitrogens is 1.